The molecule has 0 atom stereocenters. The Morgan fingerprint density at radius 2 is 2.10 bits per heavy atom. The number of urea groups is 1. The van der Waals surface area contributed by atoms with Gasteiger partial charge in [-0.3, -0.25) is 5.32 Å². The van der Waals surface area contributed by atoms with Crippen molar-refractivity contribution in [2.24, 2.45) is 0 Å². The normalized spacial score (nSPS) is 10.0. The number of para-hydroxylation sites is 1. The van der Waals surface area contributed by atoms with Gasteiger partial charge in [0, 0.05) is 12.7 Å². The number of nitrogens with one attached hydrogen (secondary N) is 2. The number of carbonyl (C=O) groups is 1. The van der Waals surface area contributed by atoms with Gasteiger partial charge in [0.15, 0.2) is 0 Å². The Hall–Kier alpha value is -2.27. The summed E-state index contributed by atoms with van der Waals surface area (Å²) in [5, 5.41) is 5.93. The number of rotatable bonds is 5. The van der Waals surface area contributed by atoms with Crippen LogP contribution in [0.4, 0.5) is 10.6 Å². The molecule has 0 aliphatic rings. The zero-order chi connectivity index (χ0) is 15.1. The zero-order valence-corrected chi connectivity index (χ0v) is 12.4. The molecule has 1 heterocycles. The molecule has 0 saturated heterocycles. The molecule has 5 nitrogen and oxygen atoms in total. The number of amides is 2. The third-order valence-corrected chi connectivity index (χ3v) is 3.06. The molecule has 6 heteroatoms. The summed E-state index contributed by atoms with van der Waals surface area (Å²) in [5.74, 6) is 1.27. The maximum atomic E-state index is 11.7. The highest BCUT2D eigenvalue weighted by molar-refractivity contribution is 6.30. The van der Waals surface area contributed by atoms with E-state index < -0.39 is 0 Å². The summed E-state index contributed by atoms with van der Waals surface area (Å²) in [6, 6.07) is 10.7. The molecule has 1 aromatic carbocycles. The van der Waals surface area contributed by atoms with Crippen molar-refractivity contribution in [3.63, 3.8) is 0 Å². The van der Waals surface area contributed by atoms with Crippen LogP contribution in [-0.4, -0.2) is 24.7 Å². The molecular formula is C15H16ClN3O2. The summed E-state index contributed by atoms with van der Waals surface area (Å²) in [5.41, 5.74) is 1.05. The molecule has 1 aromatic heterocycles. The SMILES string of the molecule is COc1ccccc1CCNC(=O)Nc1ccc(Cl)cn1. The van der Waals surface area contributed by atoms with Gasteiger partial charge in [0.2, 0.25) is 0 Å². The third kappa shape index (κ3) is 4.65. The molecule has 0 aliphatic heterocycles. The summed E-state index contributed by atoms with van der Waals surface area (Å²) < 4.78 is 5.26. The molecular weight excluding hydrogens is 290 g/mol. The smallest absolute Gasteiger partial charge is 0.320 e. The average Bonchev–Trinajstić information content (AvgIpc) is 2.50. The van der Waals surface area contributed by atoms with Crippen molar-refractivity contribution in [1.29, 1.82) is 0 Å². The molecule has 0 saturated carbocycles. The number of pyridine rings is 1. The van der Waals surface area contributed by atoms with Crippen molar-refractivity contribution in [3.05, 3.63) is 53.2 Å². The Morgan fingerprint density at radius 1 is 1.29 bits per heavy atom. The molecule has 0 bridgehead atoms. The fourth-order valence-electron chi connectivity index (χ4n) is 1.83. The second-order valence-corrected chi connectivity index (χ2v) is 4.74. The van der Waals surface area contributed by atoms with Crippen LogP contribution in [0.25, 0.3) is 0 Å². The second kappa shape index (κ2) is 7.50. The Balaban J connectivity index is 1.80. The van der Waals surface area contributed by atoms with Crippen molar-refractivity contribution in [2.45, 2.75) is 6.42 Å². The maximum Gasteiger partial charge on any atom is 0.320 e. The molecule has 0 aliphatic carbocycles. The topological polar surface area (TPSA) is 63.2 Å². The van der Waals surface area contributed by atoms with E-state index in [1.54, 1.807) is 19.2 Å². The van der Waals surface area contributed by atoms with Gasteiger partial charge >= 0.3 is 6.03 Å². The molecule has 2 aromatic rings. The number of methoxy groups -OCH3 is 1. The van der Waals surface area contributed by atoms with Crippen molar-refractivity contribution in [3.8, 4) is 5.75 Å². The van der Waals surface area contributed by atoms with Crippen molar-refractivity contribution < 1.29 is 9.53 Å². The number of anilines is 1. The van der Waals surface area contributed by atoms with E-state index in [2.05, 4.69) is 15.6 Å². The summed E-state index contributed by atoms with van der Waals surface area (Å²) in [7, 11) is 1.63. The standard InChI is InChI=1S/C15H16ClN3O2/c1-21-13-5-3-2-4-11(13)8-9-17-15(20)19-14-7-6-12(16)10-18-14/h2-7,10H,8-9H2,1H3,(H2,17,18,19,20). The number of ether oxygens (including phenoxy) is 1. The van der Waals surface area contributed by atoms with Gasteiger partial charge in [-0.2, -0.15) is 0 Å². The van der Waals surface area contributed by atoms with E-state index in [1.165, 1.54) is 6.20 Å². The van der Waals surface area contributed by atoms with Gasteiger partial charge in [-0.15, -0.1) is 0 Å². The third-order valence-electron chi connectivity index (χ3n) is 2.84. The number of hydrogen-bond donors (Lipinski definition) is 2. The average molecular weight is 306 g/mol. The van der Waals surface area contributed by atoms with Gasteiger partial charge in [0.05, 0.1) is 12.1 Å². The first-order valence-electron chi connectivity index (χ1n) is 6.47. The highest BCUT2D eigenvalue weighted by atomic mass is 35.5. The monoisotopic (exact) mass is 305 g/mol. The second-order valence-electron chi connectivity index (χ2n) is 4.30. The van der Waals surface area contributed by atoms with Crippen LogP contribution in [0.5, 0.6) is 5.75 Å². The number of aromatic nitrogens is 1. The van der Waals surface area contributed by atoms with Crippen molar-refractivity contribution in [2.75, 3.05) is 19.0 Å². The molecule has 2 rings (SSSR count). The fourth-order valence-corrected chi connectivity index (χ4v) is 1.94. The molecule has 21 heavy (non-hydrogen) atoms. The molecule has 0 unspecified atom stereocenters. The number of carbonyl (C=O) groups excluding carboxylic acids is 1. The van der Waals surface area contributed by atoms with E-state index in [4.69, 9.17) is 16.3 Å². The lowest BCUT2D eigenvalue weighted by atomic mass is 10.1. The molecule has 110 valence electrons. The highest BCUT2D eigenvalue weighted by Gasteiger charge is 2.04. The minimum absolute atomic E-state index is 0.306. The minimum atomic E-state index is -0.306. The molecule has 2 amide bonds. The van der Waals surface area contributed by atoms with E-state index in [-0.39, 0.29) is 6.03 Å². The largest absolute Gasteiger partial charge is 0.496 e. The summed E-state index contributed by atoms with van der Waals surface area (Å²) >= 11 is 5.73. The van der Waals surface area contributed by atoms with Gasteiger partial charge < -0.3 is 10.1 Å². The first-order valence-corrected chi connectivity index (χ1v) is 6.85. The van der Waals surface area contributed by atoms with Gasteiger partial charge in [-0.05, 0) is 30.2 Å². The lowest BCUT2D eigenvalue weighted by Gasteiger charge is -2.09. The predicted octanol–water partition coefficient (Wildman–Crippen LogP) is 3.11. The van der Waals surface area contributed by atoms with Crippen molar-refractivity contribution in [1.82, 2.24) is 10.3 Å². The first kappa shape index (κ1) is 15.1. The Morgan fingerprint density at radius 3 is 2.81 bits per heavy atom. The molecule has 0 radical (unpaired) electrons. The summed E-state index contributed by atoms with van der Waals surface area (Å²) in [6.07, 6.45) is 2.16. The first-order chi connectivity index (χ1) is 10.2. The number of benzene rings is 1. The molecule has 0 fully saturated rings. The van der Waals surface area contributed by atoms with E-state index in [0.717, 1.165) is 11.3 Å². The Labute approximate surface area is 128 Å². The number of halogens is 1. The van der Waals surface area contributed by atoms with Crippen LogP contribution in [0.3, 0.4) is 0 Å². The van der Waals surface area contributed by atoms with Crippen LogP contribution in [0, 0.1) is 0 Å². The van der Waals surface area contributed by atoms with Gasteiger partial charge in [-0.25, -0.2) is 9.78 Å². The van der Waals surface area contributed by atoms with Crippen LogP contribution < -0.4 is 15.4 Å². The summed E-state index contributed by atoms with van der Waals surface area (Å²) in [4.78, 5) is 15.7. The van der Waals surface area contributed by atoms with E-state index in [0.29, 0.717) is 23.8 Å². The maximum absolute atomic E-state index is 11.7. The van der Waals surface area contributed by atoms with E-state index >= 15 is 0 Å². The van der Waals surface area contributed by atoms with Crippen LogP contribution in [0.1, 0.15) is 5.56 Å². The van der Waals surface area contributed by atoms with Gasteiger partial charge in [0.25, 0.3) is 0 Å². The Bertz CT molecular complexity index is 602. The van der Waals surface area contributed by atoms with Crippen LogP contribution in [0.2, 0.25) is 5.02 Å². The predicted molar refractivity (Wildman–Crippen MR) is 83.0 cm³/mol. The zero-order valence-electron chi connectivity index (χ0n) is 11.6. The van der Waals surface area contributed by atoms with Crippen LogP contribution in [-0.2, 0) is 6.42 Å². The molecule has 0 spiro atoms. The van der Waals surface area contributed by atoms with E-state index in [9.17, 15) is 4.79 Å². The van der Waals surface area contributed by atoms with Gasteiger partial charge in [0.1, 0.15) is 11.6 Å². The summed E-state index contributed by atoms with van der Waals surface area (Å²) in [6.45, 7) is 0.500. The highest BCUT2D eigenvalue weighted by Crippen LogP contribution is 2.17. The lowest BCUT2D eigenvalue weighted by molar-refractivity contribution is 0.252. The quantitative estimate of drug-likeness (QED) is 0.892. The van der Waals surface area contributed by atoms with Crippen molar-refractivity contribution >= 4 is 23.4 Å². The minimum Gasteiger partial charge on any atom is -0.496 e. The fraction of sp³-hybridized carbons (Fsp3) is 0.200. The Kier molecular flexibility index (Phi) is 5.40. The van der Waals surface area contributed by atoms with Crippen LogP contribution in [0.15, 0.2) is 42.6 Å². The number of nitrogens with zero attached hydrogens (tertiary/aromatic N) is 1. The van der Waals surface area contributed by atoms with Gasteiger partial charge in [-0.1, -0.05) is 29.8 Å². The molecule has 2 N–H and O–H groups in total. The number of hydrogen-bond acceptors (Lipinski definition) is 3. The van der Waals surface area contributed by atoms with Crippen LogP contribution >= 0.6 is 11.6 Å². The lowest BCUT2D eigenvalue weighted by Crippen LogP contribution is -2.30. The van der Waals surface area contributed by atoms with E-state index in [1.807, 2.05) is 24.3 Å².